The summed E-state index contributed by atoms with van der Waals surface area (Å²) in [5.41, 5.74) is 0.254. The van der Waals surface area contributed by atoms with Crippen LogP contribution in [0.5, 0.6) is 0 Å². The minimum absolute atomic E-state index is 0.254. The summed E-state index contributed by atoms with van der Waals surface area (Å²) in [5.74, 6) is 6.61. The molecule has 2 aliphatic heterocycles. The predicted molar refractivity (Wildman–Crippen MR) is 89.8 cm³/mol. The number of nitrogens with one attached hydrogen (secondary N) is 1. The first-order valence-electron chi connectivity index (χ1n) is 9.28. The second-order valence-electron chi connectivity index (χ2n) is 7.90. The Labute approximate surface area is 134 Å². The van der Waals surface area contributed by atoms with Gasteiger partial charge in [-0.1, -0.05) is 13.3 Å². The van der Waals surface area contributed by atoms with E-state index in [1.807, 2.05) is 0 Å². The van der Waals surface area contributed by atoms with Gasteiger partial charge in [-0.05, 0) is 74.5 Å². The summed E-state index contributed by atoms with van der Waals surface area (Å²) >= 11 is 2.11. The van der Waals surface area contributed by atoms with Crippen molar-refractivity contribution >= 4 is 11.8 Å². The number of rotatable bonds is 5. The van der Waals surface area contributed by atoms with Crippen LogP contribution in [0, 0.1) is 23.7 Å². The van der Waals surface area contributed by atoms with Gasteiger partial charge in [-0.15, -0.1) is 0 Å². The SMILES string of the molecule is CCCNC(C1CCOC2(CCSC2)C1)C1C2CCCC21. The van der Waals surface area contributed by atoms with E-state index in [1.165, 1.54) is 63.0 Å². The number of fused-ring (bicyclic) bond motifs is 1. The van der Waals surface area contributed by atoms with Crippen LogP contribution in [-0.2, 0) is 4.74 Å². The predicted octanol–water partition coefficient (Wildman–Crippen LogP) is 3.70. The van der Waals surface area contributed by atoms with Crippen molar-refractivity contribution in [3.05, 3.63) is 0 Å². The van der Waals surface area contributed by atoms with E-state index in [0.717, 1.165) is 36.3 Å². The third-order valence-electron chi connectivity index (χ3n) is 6.62. The Kier molecular flexibility index (Phi) is 4.27. The maximum absolute atomic E-state index is 6.26. The van der Waals surface area contributed by atoms with Crippen molar-refractivity contribution in [1.29, 1.82) is 0 Å². The fraction of sp³-hybridized carbons (Fsp3) is 1.00. The summed E-state index contributed by atoms with van der Waals surface area (Å²) < 4.78 is 6.26. The van der Waals surface area contributed by atoms with Crippen LogP contribution in [0.1, 0.15) is 51.9 Å². The summed E-state index contributed by atoms with van der Waals surface area (Å²) in [6.07, 6.45) is 9.73. The third kappa shape index (κ3) is 2.79. The molecular weight excluding hydrogens is 278 g/mol. The molecule has 2 saturated carbocycles. The highest BCUT2D eigenvalue weighted by atomic mass is 32.2. The molecular formula is C18H31NOS. The second-order valence-corrected chi connectivity index (χ2v) is 9.01. The van der Waals surface area contributed by atoms with Gasteiger partial charge in [-0.25, -0.2) is 0 Å². The normalized spacial score (nSPS) is 46.7. The van der Waals surface area contributed by atoms with Gasteiger partial charge in [0.25, 0.3) is 0 Å². The molecule has 5 unspecified atom stereocenters. The van der Waals surface area contributed by atoms with E-state index in [4.69, 9.17) is 4.74 Å². The first-order valence-corrected chi connectivity index (χ1v) is 10.4. The van der Waals surface area contributed by atoms with Crippen molar-refractivity contribution in [3.63, 3.8) is 0 Å². The van der Waals surface area contributed by atoms with E-state index in [1.54, 1.807) is 0 Å². The molecule has 2 nitrogen and oxygen atoms in total. The van der Waals surface area contributed by atoms with Gasteiger partial charge in [0.1, 0.15) is 0 Å². The summed E-state index contributed by atoms with van der Waals surface area (Å²) in [6, 6.07) is 0.798. The highest BCUT2D eigenvalue weighted by Gasteiger charge is 2.58. The van der Waals surface area contributed by atoms with Crippen LogP contribution >= 0.6 is 11.8 Å². The minimum atomic E-state index is 0.254. The van der Waals surface area contributed by atoms with Crippen LogP contribution in [-0.4, -0.2) is 36.3 Å². The summed E-state index contributed by atoms with van der Waals surface area (Å²) in [7, 11) is 0. The molecule has 5 atom stereocenters. The fourth-order valence-electron chi connectivity index (χ4n) is 5.57. The molecule has 4 aliphatic rings. The zero-order valence-corrected chi connectivity index (χ0v) is 14.3. The number of thioether (sulfide) groups is 1. The van der Waals surface area contributed by atoms with Crippen LogP contribution in [0.15, 0.2) is 0 Å². The first-order chi connectivity index (χ1) is 10.3. The molecule has 3 heteroatoms. The van der Waals surface area contributed by atoms with E-state index < -0.39 is 0 Å². The average Bonchev–Trinajstić information content (AvgIpc) is 2.87. The molecule has 4 fully saturated rings. The quantitative estimate of drug-likeness (QED) is 0.836. The fourth-order valence-corrected chi connectivity index (χ4v) is 6.95. The van der Waals surface area contributed by atoms with E-state index >= 15 is 0 Å². The maximum Gasteiger partial charge on any atom is 0.0783 e. The van der Waals surface area contributed by atoms with Gasteiger partial charge in [0.15, 0.2) is 0 Å². The van der Waals surface area contributed by atoms with Crippen LogP contribution in [0.2, 0.25) is 0 Å². The summed E-state index contributed by atoms with van der Waals surface area (Å²) in [6.45, 7) is 4.52. The zero-order chi connectivity index (χ0) is 14.3. The minimum Gasteiger partial charge on any atom is -0.374 e. The Bertz CT molecular complexity index is 358. The Balaban J connectivity index is 1.44. The molecule has 0 aromatic rings. The third-order valence-corrected chi connectivity index (χ3v) is 7.85. The largest absolute Gasteiger partial charge is 0.374 e. The molecule has 1 N–H and O–H groups in total. The molecule has 2 saturated heterocycles. The Hall–Kier alpha value is 0.270. The van der Waals surface area contributed by atoms with Crippen molar-refractivity contribution in [2.75, 3.05) is 24.7 Å². The Morgan fingerprint density at radius 2 is 2.14 bits per heavy atom. The lowest BCUT2D eigenvalue weighted by molar-refractivity contribution is -0.0869. The van der Waals surface area contributed by atoms with Crippen molar-refractivity contribution in [2.45, 2.75) is 63.5 Å². The van der Waals surface area contributed by atoms with Gasteiger partial charge in [0.2, 0.25) is 0 Å². The first kappa shape index (κ1) is 14.8. The molecule has 0 bridgehead atoms. The van der Waals surface area contributed by atoms with E-state index in [9.17, 15) is 0 Å². The molecule has 0 amide bonds. The van der Waals surface area contributed by atoms with Gasteiger partial charge in [0, 0.05) is 18.4 Å². The van der Waals surface area contributed by atoms with Crippen LogP contribution < -0.4 is 5.32 Å². The van der Waals surface area contributed by atoms with E-state index in [-0.39, 0.29) is 5.60 Å². The Morgan fingerprint density at radius 3 is 2.86 bits per heavy atom. The highest BCUT2D eigenvalue weighted by molar-refractivity contribution is 7.99. The van der Waals surface area contributed by atoms with Crippen molar-refractivity contribution in [3.8, 4) is 0 Å². The molecule has 21 heavy (non-hydrogen) atoms. The zero-order valence-electron chi connectivity index (χ0n) is 13.5. The van der Waals surface area contributed by atoms with E-state index in [0.29, 0.717) is 0 Å². The standard InChI is InChI=1S/C18H31NOS/c1-2-8-19-17(16-14-4-3-5-15(14)16)13-6-9-20-18(11-13)7-10-21-12-18/h13-17,19H,2-12H2,1H3. The van der Waals surface area contributed by atoms with Crippen molar-refractivity contribution in [2.24, 2.45) is 23.7 Å². The van der Waals surface area contributed by atoms with Gasteiger partial charge in [-0.3, -0.25) is 0 Å². The molecule has 2 aliphatic carbocycles. The van der Waals surface area contributed by atoms with Crippen LogP contribution in [0.25, 0.3) is 0 Å². The number of ether oxygens (including phenoxy) is 1. The molecule has 0 aromatic carbocycles. The Morgan fingerprint density at radius 1 is 1.29 bits per heavy atom. The lowest BCUT2D eigenvalue weighted by Gasteiger charge is -2.42. The number of hydrogen-bond donors (Lipinski definition) is 1. The molecule has 0 radical (unpaired) electrons. The summed E-state index contributed by atoms with van der Waals surface area (Å²) in [5, 5.41) is 3.97. The highest BCUT2D eigenvalue weighted by Crippen LogP contribution is 2.61. The van der Waals surface area contributed by atoms with Crippen molar-refractivity contribution < 1.29 is 4.74 Å². The smallest absolute Gasteiger partial charge is 0.0783 e. The molecule has 4 rings (SSSR count). The molecule has 2 heterocycles. The van der Waals surface area contributed by atoms with Crippen LogP contribution in [0.4, 0.5) is 0 Å². The van der Waals surface area contributed by atoms with Crippen molar-refractivity contribution in [1.82, 2.24) is 5.32 Å². The van der Waals surface area contributed by atoms with E-state index in [2.05, 4.69) is 24.0 Å². The maximum atomic E-state index is 6.26. The average molecular weight is 310 g/mol. The molecule has 0 aromatic heterocycles. The van der Waals surface area contributed by atoms with Crippen LogP contribution in [0.3, 0.4) is 0 Å². The second kappa shape index (κ2) is 6.05. The monoisotopic (exact) mass is 309 g/mol. The van der Waals surface area contributed by atoms with Gasteiger partial charge >= 0.3 is 0 Å². The summed E-state index contributed by atoms with van der Waals surface area (Å²) in [4.78, 5) is 0. The van der Waals surface area contributed by atoms with Gasteiger partial charge in [-0.2, -0.15) is 11.8 Å². The molecule has 1 spiro atoms. The van der Waals surface area contributed by atoms with Gasteiger partial charge in [0.05, 0.1) is 5.60 Å². The lowest BCUT2D eigenvalue weighted by Crippen LogP contribution is -2.48. The van der Waals surface area contributed by atoms with Gasteiger partial charge < -0.3 is 10.1 Å². The lowest BCUT2D eigenvalue weighted by atomic mass is 9.78. The topological polar surface area (TPSA) is 21.3 Å². The molecule has 120 valence electrons. The number of hydrogen-bond acceptors (Lipinski definition) is 3.